The van der Waals surface area contributed by atoms with Crippen molar-refractivity contribution in [2.24, 2.45) is 5.73 Å². The van der Waals surface area contributed by atoms with Crippen LogP contribution in [0.5, 0.6) is 0 Å². The van der Waals surface area contributed by atoms with Crippen molar-refractivity contribution in [1.82, 2.24) is 5.32 Å². The van der Waals surface area contributed by atoms with Crippen LogP contribution in [-0.4, -0.2) is 18.7 Å². The summed E-state index contributed by atoms with van der Waals surface area (Å²) in [5, 5.41) is 3.01. The molecule has 0 saturated carbocycles. The van der Waals surface area contributed by atoms with Gasteiger partial charge in [0, 0.05) is 17.9 Å². The largest absolute Gasteiger partial charge is 0.352 e. The van der Waals surface area contributed by atoms with E-state index in [0.717, 1.165) is 32.2 Å². The maximum Gasteiger partial charge on any atom is 0.220 e. The minimum absolute atomic E-state index is 0.144. The quantitative estimate of drug-likeness (QED) is 0.543. The van der Waals surface area contributed by atoms with Crippen molar-refractivity contribution < 1.29 is 4.79 Å². The van der Waals surface area contributed by atoms with E-state index in [1.807, 2.05) is 0 Å². The monoisotopic (exact) mass is 294 g/mol. The predicted octanol–water partition coefficient (Wildman–Crippen LogP) is 3.24. The minimum atomic E-state index is 0.144. The lowest BCUT2D eigenvalue weighted by Gasteiger charge is -2.10. The second kappa shape index (κ2) is 9.83. The molecular formula is C16H26N2OS. The fourth-order valence-corrected chi connectivity index (χ4v) is 2.77. The van der Waals surface area contributed by atoms with Crippen LogP contribution in [0.4, 0.5) is 0 Å². The maximum atomic E-state index is 11.8. The van der Waals surface area contributed by atoms with Crippen LogP contribution >= 0.6 is 11.8 Å². The molecule has 0 aliphatic carbocycles. The van der Waals surface area contributed by atoms with Gasteiger partial charge in [-0.2, -0.15) is 0 Å². The van der Waals surface area contributed by atoms with Gasteiger partial charge in [-0.15, -0.1) is 11.8 Å². The van der Waals surface area contributed by atoms with Crippen LogP contribution < -0.4 is 11.1 Å². The Hall–Kier alpha value is -1.00. The molecule has 0 aromatic heterocycles. The predicted molar refractivity (Wildman–Crippen MR) is 86.9 cm³/mol. The maximum absolute atomic E-state index is 11.8. The summed E-state index contributed by atoms with van der Waals surface area (Å²) in [6, 6.07) is 6.36. The molecule has 1 aromatic rings. The van der Waals surface area contributed by atoms with E-state index in [1.165, 1.54) is 16.0 Å². The molecule has 1 amide bonds. The van der Waals surface area contributed by atoms with Crippen molar-refractivity contribution in [3.05, 3.63) is 29.3 Å². The van der Waals surface area contributed by atoms with Crippen molar-refractivity contribution in [3.63, 3.8) is 0 Å². The van der Waals surface area contributed by atoms with E-state index in [4.69, 9.17) is 5.73 Å². The Labute approximate surface area is 126 Å². The highest BCUT2D eigenvalue weighted by atomic mass is 32.2. The fourth-order valence-electron chi connectivity index (χ4n) is 2.06. The normalized spacial score (nSPS) is 10.6. The van der Waals surface area contributed by atoms with Gasteiger partial charge in [-0.1, -0.05) is 25.0 Å². The molecule has 0 aliphatic heterocycles. The average Bonchev–Trinajstić information content (AvgIpc) is 2.45. The first-order valence-corrected chi connectivity index (χ1v) is 8.50. The number of carbonyl (C=O) groups is 1. The van der Waals surface area contributed by atoms with Crippen LogP contribution in [0.25, 0.3) is 0 Å². The van der Waals surface area contributed by atoms with Crippen molar-refractivity contribution in [1.29, 1.82) is 0 Å². The van der Waals surface area contributed by atoms with E-state index < -0.39 is 0 Å². The van der Waals surface area contributed by atoms with Crippen LogP contribution in [-0.2, 0) is 11.3 Å². The van der Waals surface area contributed by atoms with Crippen molar-refractivity contribution in [2.75, 3.05) is 12.8 Å². The SMILES string of the molecule is CSc1cc(C)ccc1CNC(=O)CCCCCCN. The third-order valence-electron chi connectivity index (χ3n) is 3.28. The summed E-state index contributed by atoms with van der Waals surface area (Å²) in [6.07, 6.45) is 6.91. The molecule has 1 rings (SSSR count). The molecule has 0 bridgehead atoms. The lowest BCUT2D eigenvalue weighted by atomic mass is 10.1. The first-order chi connectivity index (χ1) is 9.67. The molecule has 0 atom stereocenters. The number of thioether (sulfide) groups is 1. The number of aryl methyl sites for hydroxylation is 1. The zero-order valence-corrected chi connectivity index (χ0v) is 13.4. The van der Waals surface area contributed by atoms with Crippen molar-refractivity contribution in [2.45, 2.75) is 50.5 Å². The van der Waals surface area contributed by atoms with Crippen LogP contribution in [0.3, 0.4) is 0 Å². The number of hydrogen-bond donors (Lipinski definition) is 2. The number of carbonyl (C=O) groups excluding carboxylic acids is 1. The Morgan fingerprint density at radius 3 is 2.70 bits per heavy atom. The van der Waals surface area contributed by atoms with Gasteiger partial charge in [-0.25, -0.2) is 0 Å². The molecule has 3 nitrogen and oxygen atoms in total. The van der Waals surface area contributed by atoms with Gasteiger partial charge in [0.2, 0.25) is 5.91 Å². The second-order valence-corrected chi connectivity index (χ2v) is 5.89. The molecule has 4 heteroatoms. The van der Waals surface area contributed by atoms with E-state index in [2.05, 4.69) is 36.7 Å². The van der Waals surface area contributed by atoms with Crippen LogP contribution in [0.1, 0.15) is 43.2 Å². The highest BCUT2D eigenvalue weighted by molar-refractivity contribution is 7.98. The number of hydrogen-bond acceptors (Lipinski definition) is 3. The van der Waals surface area contributed by atoms with Gasteiger partial charge >= 0.3 is 0 Å². The summed E-state index contributed by atoms with van der Waals surface area (Å²) in [4.78, 5) is 13.0. The molecule has 3 N–H and O–H groups in total. The van der Waals surface area contributed by atoms with Crippen LogP contribution in [0.2, 0.25) is 0 Å². The molecule has 0 radical (unpaired) electrons. The smallest absolute Gasteiger partial charge is 0.220 e. The topological polar surface area (TPSA) is 55.1 Å². The summed E-state index contributed by atoms with van der Waals surface area (Å²) in [5.41, 5.74) is 7.89. The second-order valence-electron chi connectivity index (χ2n) is 5.04. The van der Waals surface area contributed by atoms with Gasteiger partial charge in [-0.3, -0.25) is 4.79 Å². The van der Waals surface area contributed by atoms with Gasteiger partial charge in [0.05, 0.1) is 0 Å². The molecule has 0 spiro atoms. The number of benzene rings is 1. The summed E-state index contributed by atoms with van der Waals surface area (Å²) in [6.45, 7) is 3.46. The Kier molecular flexibility index (Phi) is 8.38. The van der Waals surface area contributed by atoms with Gasteiger partial charge in [0.1, 0.15) is 0 Å². The van der Waals surface area contributed by atoms with Crippen molar-refractivity contribution in [3.8, 4) is 0 Å². The molecule has 1 aromatic carbocycles. The molecule has 112 valence electrons. The summed E-state index contributed by atoms with van der Waals surface area (Å²) in [5.74, 6) is 0.144. The lowest BCUT2D eigenvalue weighted by Crippen LogP contribution is -2.22. The standard InChI is InChI=1S/C16H26N2OS/c1-13-8-9-14(15(11-13)20-2)12-18-16(19)7-5-3-4-6-10-17/h8-9,11H,3-7,10,12,17H2,1-2H3,(H,18,19). The first kappa shape index (κ1) is 17.1. The Balaban J connectivity index is 2.30. The Bertz CT molecular complexity index is 421. The molecular weight excluding hydrogens is 268 g/mol. The van der Waals surface area contributed by atoms with E-state index in [0.29, 0.717) is 13.0 Å². The molecule has 0 aliphatic rings. The first-order valence-electron chi connectivity index (χ1n) is 7.27. The third-order valence-corrected chi connectivity index (χ3v) is 4.10. The highest BCUT2D eigenvalue weighted by Crippen LogP contribution is 2.21. The average molecular weight is 294 g/mol. The molecule has 0 unspecified atom stereocenters. The van der Waals surface area contributed by atoms with Gasteiger partial charge in [-0.05, 0) is 49.8 Å². The van der Waals surface area contributed by atoms with Crippen molar-refractivity contribution >= 4 is 17.7 Å². The van der Waals surface area contributed by atoms with Crippen LogP contribution in [0.15, 0.2) is 23.1 Å². The number of amides is 1. The van der Waals surface area contributed by atoms with E-state index in [1.54, 1.807) is 11.8 Å². The third kappa shape index (κ3) is 6.44. The molecule has 0 fully saturated rings. The Morgan fingerprint density at radius 2 is 2.00 bits per heavy atom. The molecule has 0 saturated heterocycles. The van der Waals surface area contributed by atoms with E-state index in [9.17, 15) is 4.79 Å². The number of nitrogens with two attached hydrogens (primary N) is 1. The number of unbranched alkanes of at least 4 members (excludes halogenated alkanes) is 3. The number of rotatable bonds is 9. The summed E-state index contributed by atoms with van der Waals surface area (Å²) in [7, 11) is 0. The molecule has 0 heterocycles. The van der Waals surface area contributed by atoms with E-state index >= 15 is 0 Å². The highest BCUT2D eigenvalue weighted by Gasteiger charge is 2.05. The van der Waals surface area contributed by atoms with Gasteiger partial charge < -0.3 is 11.1 Å². The lowest BCUT2D eigenvalue weighted by molar-refractivity contribution is -0.121. The summed E-state index contributed by atoms with van der Waals surface area (Å²) < 4.78 is 0. The zero-order valence-electron chi connectivity index (χ0n) is 12.6. The zero-order chi connectivity index (χ0) is 14.8. The molecule has 20 heavy (non-hydrogen) atoms. The minimum Gasteiger partial charge on any atom is -0.352 e. The summed E-state index contributed by atoms with van der Waals surface area (Å²) >= 11 is 1.73. The van der Waals surface area contributed by atoms with Gasteiger partial charge in [0.25, 0.3) is 0 Å². The number of nitrogens with one attached hydrogen (secondary N) is 1. The van der Waals surface area contributed by atoms with Crippen LogP contribution in [0, 0.1) is 6.92 Å². The Morgan fingerprint density at radius 1 is 1.25 bits per heavy atom. The van der Waals surface area contributed by atoms with E-state index in [-0.39, 0.29) is 5.91 Å². The van der Waals surface area contributed by atoms with Gasteiger partial charge in [0.15, 0.2) is 0 Å². The fraction of sp³-hybridized carbons (Fsp3) is 0.562.